The zero-order chi connectivity index (χ0) is 22.9. The SMILES string of the molecule is Cn1cnc2c(-c3nc(C(N)=O)c(Nc4ccc(N5CCOCC5)cc4)nc3Cl)cccc21. The third kappa shape index (κ3) is 4.08. The summed E-state index contributed by atoms with van der Waals surface area (Å²) in [6, 6.07) is 13.5. The number of aromatic nitrogens is 4. The molecular weight excluding hydrogens is 442 g/mol. The molecule has 9 nitrogen and oxygen atoms in total. The minimum Gasteiger partial charge on any atom is -0.378 e. The van der Waals surface area contributed by atoms with Crippen LogP contribution in [-0.2, 0) is 11.8 Å². The van der Waals surface area contributed by atoms with Gasteiger partial charge in [0.2, 0.25) is 0 Å². The van der Waals surface area contributed by atoms with E-state index in [1.54, 1.807) is 6.33 Å². The first-order valence-electron chi connectivity index (χ1n) is 10.5. The molecule has 3 N–H and O–H groups in total. The highest BCUT2D eigenvalue weighted by Crippen LogP contribution is 2.33. The average Bonchev–Trinajstić information content (AvgIpc) is 3.21. The van der Waals surface area contributed by atoms with Gasteiger partial charge in [-0.1, -0.05) is 23.7 Å². The standard InChI is InChI=1S/C23H22ClN7O2/c1-30-13-26-18-16(3-2-4-17(18)30)19-21(24)29-23(20(28-19)22(25)32)27-14-5-7-15(8-6-14)31-9-11-33-12-10-31/h2-8,13H,9-12H2,1H3,(H2,25,32)(H,27,29). The van der Waals surface area contributed by atoms with E-state index < -0.39 is 5.91 Å². The molecule has 0 bridgehead atoms. The number of anilines is 3. The minimum absolute atomic E-state index is 0.000380. The summed E-state index contributed by atoms with van der Waals surface area (Å²) in [4.78, 5) is 27.8. The number of aryl methyl sites for hydroxylation is 1. The van der Waals surface area contributed by atoms with E-state index in [9.17, 15) is 4.79 Å². The molecule has 0 spiro atoms. The molecule has 1 fully saturated rings. The summed E-state index contributed by atoms with van der Waals surface area (Å²) in [5.74, 6) is -0.510. The van der Waals surface area contributed by atoms with Gasteiger partial charge in [-0.2, -0.15) is 0 Å². The molecular formula is C23H22ClN7O2. The van der Waals surface area contributed by atoms with Gasteiger partial charge >= 0.3 is 0 Å². The lowest BCUT2D eigenvalue weighted by molar-refractivity contribution is 0.0996. The van der Waals surface area contributed by atoms with E-state index in [1.165, 1.54) is 0 Å². The number of nitrogens with zero attached hydrogens (tertiary/aromatic N) is 5. The van der Waals surface area contributed by atoms with Crippen LogP contribution in [0.3, 0.4) is 0 Å². The van der Waals surface area contributed by atoms with Gasteiger partial charge in [0.25, 0.3) is 5.91 Å². The third-order valence-corrected chi connectivity index (χ3v) is 5.87. The summed E-state index contributed by atoms with van der Waals surface area (Å²) in [6.45, 7) is 3.14. The number of carbonyl (C=O) groups excluding carboxylic acids is 1. The van der Waals surface area contributed by atoms with Crippen LogP contribution in [0.25, 0.3) is 22.3 Å². The van der Waals surface area contributed by atoms with Crippen molar-refractivity contribution in [2.75, 3.05) is 36.5 Å². The van der Waals surface area contributed by atoms with E-state index in [2.05, 4.69) is 25.2 Å². The average molecular weight is 464 g/mol. The molecule has 0 aliphatic carbocycles. The van der Waals surface area contributed by atoms with Gasteiger partial charge in [0.1, 0.15) is 5.69 Å². The zero-order valence-electron chi connectivity index (χ0n) is 18.0. The second kappa shape index (κ2) is 8.68. The number of morpholine rings is 1. The summed E-state index contributed by atoms with van der Waals surface area (Å²) in [6.07, 6.45) is 1.71. The Morgan fingerprint density at radius 1 is 1.12 bits per heavy atom. The molecule has 1 amide bonds. The third-order valence-electron chi connectivity index (χ3n) is 5.60. The predicted octanol–water partition coefficient (Wildman–Crippen LogP) is 3.36. The lowest BCUT2D eigenvalue weighted by Gasteiger charge is -2.28. The highest BCUT2D eigenvalue weighted by Gasteiger charge is 2.20. The number of amides is 1. The minimum atomic E-state index is -0.707. The van der Waals surface area contributed by atoms with Crippen LogP contribution in [0.1, 0.15) is 10.5 Å². The van der Waals surface area contributed by atoms with Gasteiger partial charge in [0, 0.05) is 37.1 Å². The highest BCUT2D eigenvalue weighted by atomic mass is 35.5. The molecule has 4 aromatic rings. The summed E-state index contributed by atoms with van der Waals surface area (Å²) in [5.41, 5.74) is 10.1. The van der Waals surface area contributed by atoms with Crippen molar-refractivity contribution in [1.82, 2.24) is 19.5 Å². The number of primary amides is 1. The van der Waals surface area contributed by atoms with E-state index in [0.717, 1.165) is 30.0 Å². The molecule has 10 heteroatoms. The first kappa shape index (κ1) is 21.2. The Morgan fingerprint density at radius 2 is 1.88 bits per heavy atom. The van der Waals surface area contributed by atoms with Crippen molar-refractivity contribution in [3.05, 3.63) is 59.6 Å². The molecule has 0 radical (unpaired) electrons. The number of halogens is 1. The monoisotopic (exact) mass is 463 g/mol. The molecule has 3 heterocycles. The largest absolute Gasteiger partial charge is 0.378 e. The molecule has 1 aliphatic heterocycles. The number of nitrogens with one attached hydrogen (secondary N) is 1. The van der Waals surface area contributed by atoms with Crippen molar-refractivity contribution in [3.63, 3.8) is 0 Å². The van der Waals surface area contributed by atoms with Crippen molar-refractivity contribution in [3.8, 4) is 11.3 Å². The van der Waals surface area contributed by atoms with Gasteiger partial charge in [-0.15, -0.1) is 0 Å². The Morgan fingerprint density at radius 3 is 2.61 bits per heavy atom. The Kier molecular flexibility index (Phi) is 5.57. The zero-order valence-corrected chi connectivity index (χ0v) is 18.7. The number of ether oxygens (including phenoxy) is 1. The number of nitrogens with two attached hydrogens (primary N) is 1. The van der Waals surface area contributed by atoms with Gasteiger partial charge in [0.05, 0.1) is 30.6 Å². The van der Waals surface area contributed by atoms with Gasteiger partial charge < -0.3 is 25.3 Å². The molecule has 1 aliphatic rings. The molecule has 2 aromatic heterocycles. The van der Waals surface area contributed by atoms with E-state index in [4.69, 9.17) is 22.1 Å². The quantitative estimate of drug-likeness (QED) is 0.466. The molecule has 5 rings (SSSR count). The van der Waals surface area contributed by atoms with Crippen LogP contribution >= 0.6 is 11.6 Å². The predicted molar refractivity (Wildman–Crippen MR) is 128 cm³/mol. The lowest BCUT2D eigenvalue weighted by Crippen LogP contribution is -2.36. The van der Waals surface area contributed by atoms with Gasteiger partial charge in [-0.05, 0) is 30.3 Å². The number of fused-ring (bicyclic) bond motifs is 1. The number of hydrogen-bond donors (Lipinski definition) is 2. The van der Waals surface area contributed by atoms with Gasteiger partial charge in [0.15, 0.2) is 16.7 Å². The van der Waals surface area contributed by atoms with E-state index in [1.807, 2.05) is 54.1 Å². The smallest absolute Gasteiger partial charge is 0.271 e. The number of carbonyl (C=O) groups is 1. The van der Waals surface area contributed by atoms with Crippen molar-refractivity contribution in [2.45, 2.75) is 0 Å². The van der Waals surface area contributed by atoms with Crippen LogP contribution in [0.2, 0.25) is 5.15 Å². The summed E-state index contributed by atoms with van der Waals surface area (Å²) >= 11 is 6.52. The Balaban J connectivity index is 1.48. The summed E-state index contributed by atoms with van der Waals surface area (Å²) < 4.78 is 7.30. The topological polar surface area (TPSA) is 111 Å². The van der Waals surface area contributed by atoms with Crippen LogP contribution in [0.15, 0.2) is 48.8 Å². The fraction of sp³-hybridized carbons (Fsp3) is 0.217. The van der Waals surface area contributed by atoms with Crippen molar-refractivity contribution in [2.24, 2.45) is 12.8 Å². The Labute approximate surface area is 195 Å². The van der Waals surface area contributed by atoms with E-state index in [0.29, 0.717) is 30.0 Å². The molecule has 0 atom stereocenters. The highest BCUT2D eigenvalue weighted by molar-refractivity contribution is 6.32. The summed E-state index contributed by atoms with van der Waals surface area (Å²) in [5, 5.41) is 3.27. The maximum Gasteiger partial charge on any atom is 0.271 e. The fourth-order valence-corrected chi connectivity index (χ4v) is 4.14. The molecule has 1 saturated heterocycles. The normalized spacial score (nSPS) is 13.9. The number of imidazole rings is 1. The lowest BCUT2D eigenvalue weighted by atomic mass is 10.1. The number of hydrogen-bond acceptors (Lipinski definition) is 7. The number of para-hydroxylation sites is 1. The number of rotatable bonds is 5. The van der Waals surface area contributed by atoms with Gasteiger partial charge in [-0.3, -0.25) is 4.79 Å². The Hall–Kier alpha value is -3.69. The molecule has 0 saturated carbocycles. The molecule has 2 aromatic carbocycles. The van der Waals surface area contributed by atoms with Gasteiger partial charge in [-0.25, -0.2) is 15.0 Å². The fourth-order valence-electron chi connectivity index (χ4n) is 3.91. The molecule has 33 heavy (non-hydrogen) atoms. The van der Waals surface area contributed by atoms with E-state index >= 15 is 0 Å². The van der Waals surface area contributed by atoms with Crippen LogP contribution in [0.4, 0.5) is 17.2 Å². The van der Waals surface area contributed by atoms with Crippen LogP contribution in [0.5, 0.6) is 0 Å². The number of benzene rings is 2. The second-order valence-electron chi connectivity index (χ2n) is 7.72. The maximum absolute atomic E-state index is 12.2. The van der Waals surface area contributed by atoms with Crippen molar-refractivity contribution < 1.29 is 9.53 Å². The van der Waals surface area contributed by atoms with Crippen molar-refractivity contribution >= 4 is 45.7 Å². The van der Waals surface area contributed by atoms with Crippen molar-refractivity contribution in [1.29, 1.82) is 0 Å². The Bertz CT molecular complexity index is 1330. The molecule has 168 valence electrons. The maximum atomic E-state index is 12.2. The van der Waals surface area contributed by atoms with Crippen LogP contribution < -0.4 is 16.0 Å². The first-order chi connectivity index (χ1) is 16.0. The van der Waals surface area contributed by atoms with Crippen LogP contribution in [-0.4, -0.2) is 51.7 Å². The summed E-state index contributed by atoms with van der Waals surface area (Å²) in [7, 11) is 1.90. The van der Waals surface area contributed by atoms with E-state index in [-0.39, 0.29) is 16.7 Å². The molecule has 0 unspecified atom stereocenters. The first-order valence-corrected chi connectivity index (χ1v) is 10.9. The second-order valence-corrected chi connectivity index (χ2v) is 8.08. The van der Waals surface area contributed by atoms with Crippen LogP contribution in [0, 0.1) is 0 Å².